The van der Waals surface area contributed by atoms with E-state index in [0.29, 0.717) is 31.0 Å². The summed E-state index contributed by atoms with van der Waals surface area (Å²) in [5.74, 6) is -0.164. The lowest BCUT2D eigenvalue weighted by atomic mass is 9.81. The van der Waals surface area contributed by atoms with Gasteiger partial charge in [-0.1, -0.05) is 12.1 Å². The first-order valence-electron chi connectivity index (χ1n) is 9.90. The maximum atomic E-state index is 13.0. The summed E-state index contributed by atoms with van der Waals surface area (Å²) in [6, 6.07) is 3.76. The Morgan fingerprint density at radius 2 is 2.13 bits per heavy atom. The Kier molecular flexibility index (Phi) is 4.94. The maximum absolute atomic E-state index is 13.0. The number of thiophene rings is 1. The van der Waals surface area contributed by atoms with Crippen LogP contribution in [-0.4, -0.2) is 69.2 Å². The second-order valence-corrected chi connectivity index (χ2v) is 9.89. The van der Waals surface area contributed by atoms with Crippen molar-refractivity contribution in [2.24, 2.45) is 11.8 Å². The highest BCUT2D eigenvalue weighted by Gasteiger charge is 2.45. The Labute approximate surface area is 181 Å². The molecule has 4 aliphatic rings. The lowest BCUT2D eigenvalue weighted by molar-refractivity contribution is -0.467. The van der Waals surface area contributed by atoms with Crippen LogP contribution >= 0.6 is 23.1 Å². The quantitative estimate of drug-likeness (QED) is 0.530. The fraction of sp³-hybridized carbons (Fsp3) is 0.381. The predicted molar refractivity (Wildman–Crippen MR) is 114 cm³/mol. The van der Waals surface area contributed by atoms with Crippen molar-refractivity contribution >= 4 is 57.8 Å². The first-order chi connectivity index (χ1) is 14.5. The third kappa shape index (κ3) is 3.45. The molecule has 0 unspecified atom stereocenters. The lowest BCUT2D eigenvalue weighted by Gasteiger charge is -2.39. The van der Waals surface area contributed by atoms with Crippen molar-refractivity contribution in [2.75, 3.05) is 26.2 Å². The molecule has 30 heavy (non-hydrogen) atoms. The molecule has 5 heterocycles. The number of allylic oxidation sites excluding steroid dienone is 1. The monoisotopic (exact) mass is 442 g/mol. The van der Waals surface area contributed by atoms with Crippen molar-refractivity contribution < 1.29 is 23.8 Å². The molecule has 1 aromatic rings. The van der Waals surface area contributed by atoms with Gasteiger partial charge in [-0.15, -0.1) is 11.3 Å². The van der Waals surface area contributed by atoms with Gasteiger partial charge in [-0.2, -0.15) is 4.58 Å². The van der Waals surface area contributed by atoms with Gasteiger partial charge in [0.15, 0.2) is 12.3 Å². The first-order valence-corrected chi connectivity index (χ1v) is 11.6. The number of piperidine rings is 1. The molecule has 5 rings (SSSR count). The Morgan fingerprint density at radius 1 is 1.27 bits per heavy atom. The van der Waals surface area contributed by atoms with E-state index < -0.39 is 11.1 Å². The third-order valence-electron chi connectivity index (χ3n) is 5.93. The van der Waals surface area contributed by atoms with Gasteiger partial charge in [0.1, 0.15) is 6.54 Å². The molecule has 2 saturated heterocycles. The van der Waals surface area contributed by atoms with Gasteiger partial charge in [0.25, 0.3) is 11.1 Å². The smallest absolute Gasteiger partial charge is 0.340 e. The molecule has 1 aromatic heterocycles. The fourth-order valence-electron chi connectivity index (χ4n) is 4.57. The van der Waals surface area contributed by atoms with Gasteiger partial charge >= 0.3 is 5.91 Å². The minimum Gasteiger partial charge on any atom is -0.340 e. The van der Waals surface area contributed by atoms with E-state index in [1.54, 1.807) is 11.0 Å². The number of likely N-dealkylation sites (tertiary alicyclic amines) is 1. The highest BCUT2D eigenvalue weighted by molar-refractivity contribution is 8.18. The van der Waals surface area contributed by atoms with Crippen LogP contribution in [0.25, 0.3) is 6.08 Å². The molecule has 0 aliphatic carbocycles. The van der Waals surface area contributed by atoms with E-state index in [1.165, 1.54) is 11.3 Å². The number of amides is 4. The normalized spacial score (nSPS) is 27.3. The summed E-state index contributed by atoms with van der Waals surface area (Å²) in [6.45, 7) is 1.46. The molecule has 0 spiro atoms. The molecule has 4 aliphatic heterocycles. The summed E-state index contributed by atoms with van der Waals surface area (Å²) < 4.78 is 1.87. The van der Waals surface area contributed by atoms with Crippen molar-refractivity contribution in [1.82, 2.24) is 9.80 Å². The van der Waals surface area contributed by atoms with Gasteiger partial charge in [-0.25, -0.2) is 4.79 Å². The summed E-state index contributed by atoms with van der Waals surface area (Å²) in [5.41, 5.74) is 0.991. The zero-order valence-electron chi connectivity index (χ0n) is 16.2. The predicted octanol–water partition coefficient (Wildman–Crippen LogP) is 2.20. The number of nitrogens with zero attached hydrogens (tertiary/aromatic N) is 3. The topological polar surface area (TPSA) is 77.8 Å². The number of hydrogen-bond acceptors (Lipinski definition) is 6. The average Bonchev–Trinajstić information content (AvgIpc) is 3.33. The minimum absolute atomic E-state index is 0.121. The van der Waals surface area contributed by atoms with E-state index in [0.717, 1.165) is 33.7 Å². The summed E-state index contributed by atoms with van der Waals surface area (Å²) in [6.07, 6.45) is 6.97. The van der Waals surface area contributed by atoms with Gasteiger partial charge in [-0.3, -0.25) is 19.3 Å². The number of thioether (sulfide) groups is 1. The summed E-state index contributed by atoms with van der Waals surface area (Å²) in [7, 11) is 0. The van der Waals surface area contributed by atoms with Crippen LogP contribution in [0.3, 0.4) is 0 Å². The molecule has 0 N–H and O–H groups in total. The summed E-state index contributed by atoms with van der Waals surface area (Å²) in [5, 5.41) is 1.50. The average molecular weight is 443 g/mol. The molecule has 2 atom stereocenters. The first kappa shape index (κ1) is 19.4. The highest BCUT2D eigenvalue weighted by atomic mass is 32.2. The van der Waals surface area contributed by atoms with E-state index >= 15 is 0 Å². The van der Waals surface area contributed by atoms with Crippen molar-refractivity contribution in [3.05, 3.63) is 39.4 Å². The van der Waals surface area contributed by atoms with Crippen LogP contribution in [0, 0.1) is 11.8 Å². The lowest BCUT2D eigenvalue weighted by Crippen LogP contribution is -2.56. The van der Waals surface area contributed by atoms with Crippen LogP contribution in [0.15, 0.2) is 34.6 Å². The minimum atomic E-state index is -0.412. The Morgan fingerprint density at radius 3 is 2.93 bits per heavy atom. The van der Waals surface area contributed by atoms with Crippen LogP contribution in [0.4, 0.5) is 4.79 Å². The molecular formula is C21H20N3O4S2+. The zero-order chi connectivity index (χ0) is 20.8. The second kappa shape index (κ2) is 7.63. The van der Waals surface area contributed by atoms with Crippen LogP contribution in [0.5, 0.6) is 0 Å². The Hall–Kier alpha value is -2.52. The molecule has 7 nitrogen and oxygen atoms in total. The van der Waals surface area contributed by atoms with E-state index in [2.05, 4.69) is 0 Å². The number of imide groups is 1. The number of carbonyl (C=O) groups is 4. The Bertz CT molecular complexity index is 1040. The molecular weight excluding hydrogens is 422 g/mol. The van der Waals surface area contributed by atoms with E-state index in [-0.39, 0.29) is 30.2 Å². The maximum Gasteiger partial charge on any atom is 0.390 e. The van der Waals surface area contributed by atoms with Crippen molar-refractivity contribution in [3.63, 3.8) is 0 Å². The number of carbonyl (C=O) groups excluding carboxylic acids is 4. The molecule has 2 bridgehead atoms. The van der Waals surface area contributed by atoms with Crippen LogP contribution in [-0.2, 0) is 14.4 Å². The standard InChI is InChI=1S/C21H20N3O4S2/c25-18-5-1-4-16-14-7-13(10-23(16)18)9-22(11-14)19(26)12-24-20(27)17(30-21(24)28)8-15-3-2-6-29-15/h1-4,6,8,13-14H,5,7,9-12H2/q+1/b17-8-/t13-,14-/m0/s1. The number of hydrogen-bond donors (Lipinski definition) is 0. The van der Waals surface area contributed by atoms with Crippen molar-refractivity contribution in [3.8, 4) is 0 Å². The largest absolute Gasteiger partial charge is 0.390 e. The van der Waals surface area contributed by atoms with Crippen molar-refractivity contribution in [1.29, 1.82) is 0 Å². The molecule has 9 heteroatoms. The Balaban J connectivity index is 1.29. The van der Waals surface area contributed by atoms with Gasteiger partial charge in [-0.05, 0) is 35.7 Å². The summed E-state index contributed by atoms with van der Waals surface area (Å²) >= 11 is 2.36. The summed E-state index contributed by atoms with van der Waals surface area (Å²) in [4.78, 5) is 54.3. The third-order valence-corrected chi connectivity index (χ3v) is 7.65. The van der Waals surface area contributed by atoms with Gasteiger partial charge < -0.3 is 4.90 Å². The highest BCUT2D eigenvalue weighted by Crippen LogP contribution is 2.34. The van der Waals surface area contributed by atoms with Crippen LogP contribution < -0.4 is 0 Å². The van der Waals surface area contributed by atoms with Gasteiger partial charge in [0, 0.05) is 30.0 Å². The van der Waals surface area contributed by atoms with Crippen molar-refractivity contribution in [2.45, 2.75) is 12.8 Å². The van der Waals surface area contributed by atoms with E-state index in [9.17, 15) is 19.2 Å². The molecule has 0 aromatic carbocycles. The van der Waals surface area contributed by atoms with Crippen LogP contribution in [0.1, 0.15) is 17.7 Å². The number of rotatable bonds is 3. The van der Waals surface area contributed by atoms with Gasteiger partial charge in [0.05, 0.1) is 17.2 Å². The second-order valence-electron chi connectivity index (χ2n) is 7.92. The van der Waals surface area contributed by atoms with E-state index in [4.69, 9.17) is 0 Å². The molecule has 4 amide bonds. The molecule has 0 radical (unpaired) electrons. The molecule has 2 fully saturated rings. The molecule has 0 saturated carbocycles. The zero-order valence-corrected chi connectivity index (χ0v) is 17.8. The van der Waals surface area contributed by atoms with Gasteiger partial charge in [0.2, 0.25) is 5.91 Å². The number of fused-ring (bicyclic) bond motifs is 3. The molecule has 154 valence electrons. The SMILES string of the molecule is O=C(CN1C(=O)S/C(=C\c2cccs2)C1=O)N1C[C@@H]2C[C@@H](C1)C1=[N+](C2)C(=O)CC=C1. The fourth-order valence-corrected chi connectivity index (χ4v) is 6.14. The van der Waals surface area contributed by atoms with Crippen LogP contribution in [0.2, 0.25) is 0 Å². The van der Waals surface area contributed by atoms with E-state index in [1.807, 2.05) is 34.2 Å².